The van der Waals surface area contributed by atoms with E-state index >= 15 is 0 Å². The van der Waals surface area contributed by atoms with Gasteiger partial charge in [0.05, 0.1) is 5.56 Å². The zero-order chi connectivity index (χ0) is 20.1. The SMILES string of the molecule is O=C(COc1cccc(-c2noc(-c3ccccc3F)n2)c1)Nc1ccccc1. The monoisotopic (exact) mass is 389 g/mol. The zero-order valence-electron chi connectivity index (χ0n) is 15.2. The van der Waals surface area contributed by atoms with Crippen molar-refractivity contribution in [1.82, 2.24) is 10.1 Å². The van der Waals surface area contributed by atoms with Gasteiger partial charge in [-0.3, -0.25) is 4.79 Å². The third kappa shape index (κ3) is 4.47. The van der Waals surface area contributed by atoms with Crippen molar-refractivity contribution in [3.05, 3.63) is 84.7 Å². The second-order valence-electron chi connectivity index (χ2n) is 6.13. The van der Waals surface area contributed by atoms with Gasteiger partial charge in [0, 0.05) is 11.3 Å². The van der Waals surface area contributed by atoms with Crippen LogP contribution in [0.25, 0.3) is 22.8 Å². The van der Waals surface area contributed by atoms with Crippen molar-refractivity contribution in [2.75, 3.05) is 11.9 Å². The van der Waals surface area contributed by atoms with Crippen LogP contribution in [0.2, 0.25) is 0 Å². The molecule has 0 atom stereocenters. The Labute approximate surface area is 166 Å². The van der Waals surface area contributed by atoms with Crippen molar-refractivity contribution in [3.8, 4) is 28.6 Å². The van der Waals surface area contributed by atoms with Gasteiger partial charge in [-0.1, -0.05) is 47.6 Å². The molecule has 7 heteroatoms. The lowest BCUT2D eigenvalue weighted by atomic mass is 10.2. The highest BCUT2D eigenvalue weighted by Gasteiger charge is 2.14. The Balaban J connectivity index is 1.44. The Kier molecular flexibility index (Phi) is 5.29. The summed E-state index contributed by atoms with van der Waals surface area (Å²) >= 11 is 0. The van der Waals surface area contributed by atoms with Crippen LogP contribution in [0, 0.1) is 5.82 Å². The van der Waals surface area contributed by atoms with Gasteiger partial charge in [-0.05, 0) is 36.4 Å². The van der Waals surface area contributed by atoms with Crippen LogP contribution in [0.15, 0.2) is 83.4 Å². The molecule has 144 valence electrons. The molecule has 0 saturated heterocycles. The number of carbonyl (C=O) groups is 1. The first-order chi connectivity index (χ1) is 14.2. The zero-order valence-corrected chi connectivity index (χ0v) is 15.2. The summed E-state index contributed by atoms with van der Waals surface area (Å²) in [4.78, 5) is 16.3. The van der Waals surface area contributed by atoms with E-state index in [1.807, 2.05) is 18.2 Å². The highest BCUT2D eigenvalue weighted by atomic mass is 19.1. The van der Waals surface area contributed by atoms with Gasteiger partial charge >= 0.3 is 0 Å². The Hall–Kier alpha value is -4.00. The predicted octanol–water partition coefficient (Wildman–Crippen LogP) is 4.56. The lowest BCUT2D eigenvalue weighted by Gasteiger charge is -2.08. The fraction of sp³-hybridized carbons (Fsp3) is 0.0455. The molecule has 1 aromatic heterocycles. The van der Waals surface area contributed by atoms with E-state index in [-0.39, 0.29) is 24.0 Å². The molecule has 0 aliphatic carbocycles. The smallest absolute Gasteiger partial charge is 0.262 e. The minimum absolute atomic E-state index is 0.0895. The van der Waals surface area contributed by atoms with Gasteiger partial charge in [-0.15, -0.1) is 0 Å². The van der Waals surface area contributed by atoms with Crippen LogP contribution in [-0.2, 0) is 4.79 Å². The van der Waals surface area contributed by atoms with Gasteiger partial charge in [0.25, 0.3) is 11.8 Å². The van der Waals surface area contributed by atoms with Crippen molar-refractivity contribution in [2.45, 2.75) is 0 Å². The summed E-state index contributed by atoms with van der Waals surface area (Å²) in [5.74, 6) is 0.143. The lowest BCUT2D eigenvalue weighted by molar-refractivity contribution is -0.118. The number of rotatable bonds is 6. The van der Waals surface area contributed by atoms with E-state index in [2.05, 4.69) is 15.5 Å². The molecule has 0 radical (unpaired) electrons. The van der Waals surface area contributed by atoms with E-state index in [1.165, 1.54) is 6.07 Å². The van der Waals surface area contributed by atoms with E-state index in [9.17, 15) is 9.18 Å². The maximum atomic E-state index is 13.9. The molecule has 0 aliphatic rings. The number of hydrogen-bond acceptors (Lipinski definition) is 5. The quantitative estimate of drug-likeness (QED) is 0.523. The Morgan fingerprint density at radius 2 is 1.79 bits per heavy atom. The molecule has 0 saturated carbocycles. The normalized spacial score (nSPS) is 10.5. The van der Waals surface area contributed by atoms with Crippen molar-refractivity contribution in [2.24, 2.45) is 0 Å². The number of benzene rings is 3. The number of anilines is 1. The highest BCUT2D eigenvalue weighted by molar-refractivity contribution is 5.91. The maximum absolute atomic E-state index is 13.9. The van der Waals surface area contributed by atoms with Crippen LogP contribution >= 0.6 is 0 Å². The van der Waals surface area contributed by atoms with Crippen LogP contribution in [0.5, 0.6) is 5.75 Å². The first-order valence-corrected chi connectivity index (χ1v) is 8.86. The number of para-hydroxylation sites is 1. The number of aromatic nitrogens is 2. The number of hydrogen-bond donors (Lipinski definition) is 1. The summed E-state index contributed by atoms with van der Waals surface area (Å²) in [6.07, 6.45) is 0. The van der Waals surface area contributed by atoms with E-state index in [1.54, 1.807) is 54.6 Å². The molecule has 0 spiro atoms. The summed E-state index contributed by atoms with van der Waals surface area (Å²) in [6.45, 7) is -0.148. The molecule has 6 nitrogen and oxygen atoms in total. The summed E-state index contributed by atoms with van der Waals surface area (Å²) < 4.78 is 24.6. The fourth-order valence-electron chi connectivity index (χ4n) is 2.68. The Morgan fingerprint density at radius 1 is 1.00 bits per heavy atom. The summed E-state index contributed by atoms with van der Waals surface area (Å²) in [6, 6.07) is 22.2. The second-order valence-corrected chi connectivity index (χ2v) is 6.13. The van der Waals surface area contributed by atoms with Gasteiger partial charge in [-0.2, -0.15) is 4.98 Å². The van der Waals surface area contributed by atoms with E-state index < -0.39 is 5.82 Å². The maximum Gasteiger partial charge on any atom is 0.262 e. The number of halogens is 1. The van der Waals surface area contributed by atoms with Crippen LogP contribution in [-0.4, -0.2) is 22.7 Å². The second kappa shape index (κ2) is 8.35. The molecule has 29 heavy (non-hydrogen) atoms. The number of ether oxygens (including phenoxy) is 1. The van der Waals surface area contributed by atoms with Gasteiger partial charge in [0.1, 0.15) is 11.6 Å². The third-order valence-electron chi connectivity index (χ3n) is 4.05. The average molecular weight is 389 g/mol. The fourth-order valence-corrected chi connectivity index (χ4v) is 2.68. The van der Waals surface area contributed by atoms with Gasteiger partial charge in [0.15, 0.2) is 6.61 Å². The average Bonchev–Trinajstić information content (AvgIpc) is 3.24. The summed E-state index contributed by atoms with van der Waals surface area (Å²) in [7, 11) is 0. The van der Waals surface area contributed by atoms with Crippen molar-refractivity contribution < 1.29 is 18.4 Å². The van der Waals surface area contributed by atoms with Gasteiger partial charge in [0.2, 0.25) is 5.82 Å². The molecule has 1 amide bonds. The van der Waals surface area contributed by atoms with Crippen molar-refractivity contribution in [3.63, 3.8) is 0 Å². The van der Waals surface area contributed by atoms with Crippen LogP contribution < -0.4 is 10.1 Å². The first kappa shape index (κ1) is 18.4. The first-order valence-electron chi connectivity index (χ1n) is 8.86. The number of amides is 1. The molecule has 4 rings (SSSR count). The minimum Gasteiger partial charge on any atom is -0.484 e. The van der Waals surface area contributed by atoms with Gasteiger partial charge < -0.3 is 14.6 Å². The standard InChI is InChI=1S/C22H16FN3O3/c23-19-12-5-4-11-18(19)22-25-21(26-29-22)15-7-6-10-17(13-15)28-14-20(27)24-16-8-2-1-3-9-16/h1-13H,14H2,(H,24,27). The van der Waals surface area contributed by atoms with Crippen LogP contribution in [0.3, 0.4) is 0 Å². The topological polar surface area (TPSA) is 77.2 Å². The molecule has 1 N–H and O–H groups in total. The van der Waals surface area contributed by atoms with Crippen molar-refractivity contribution in [1.29, 1.82) is 0 Å². The lowest BCUT2D eigenvalue weighted by Crippen LogP contribution is -2.20. The highest BCUT2D eigenvalue weighted by Crippen LogP contribution is 2.26. The molecule has 0 aliphatic heterocycles. The number of nitrogens with zero attached hydrogens (tertiary/aromatic N) is 2. The summed E-state index contributed by atoms with van der Waals surface area (Å²) in [5, 5.41) is 6.65. The molecule has 1 heterocycles. The van der Waals surface area contributed by atoms with Crippen LogP contribution in [0.4, 0.5) is 10.1 Å². The molecule has 0 bridgehead atoms. The molecule has 0 unspecified atom stereocenters. The largest absolute Gasteiger partial charge is 0.484 e. The predicted molar refractivity (Wildman–Crippen MR) is 106 cm³/mol. The molecular weight excluding hydrogens is 373 g/mol. The molecule has 4 aromatic rings. The Bertz CT molecular complexity index is 1130. The summed E-state index contributed by atoms with van der Waals surface area (Å²) in [5.41, 5.74) is 1.55. The molecule has 3 aromatic carbocycles. The van der Waals surface area contributed by atoms with Crippen molar-refractivity contribution >= 4 is 11.6 Å². The van der Waals surface area contributed by atoms with E-state index in [0.717, 1.165) is 0 Å². The molecule has 0 fully saturated rings. The minimum atomic E-state index is -0.441. The van der Waals surface area contributed by atoms with Gasteiger partial charge in [-0.25, -0.2) is 4.39 Å². The van der Waals surface area contributed by atoms with Crippen LogP contribution in [0.1, 0.15) is 0 Å². The number of carbonyl (C=O) groups excluding carboxylic acids is 1. The number of nitrogens with one attached hydrogen (secondary N) is 1. The van der Waals surface area contributed by atoms with E-state index in [0.29, 0.717) is 22.8 Å². The molecular formula is C22H16FN3O3. The Morgan fingerprint density at radius 3 is 2.62 bits per heavy atom. The van der Waals surface area contributed by atoms with E-state index in [4.69, 9.17) is 9.26 Å². The third-order valence-corrected chi connectivity index (χ3v) is 4.05.